The number of nitriles is 1. The predicted octanol–water partition coefficient (Wildman–Crippen LogP) is 3.87. The molecule has 0 saturated heterocycles. The minimum Gasteiger partial charge on any atom is -0.396 e. The molecular weight excluding hydrogens is 487 g/mol. The second kappa shape index (κ2) is 9.32. The van der Waals surface area contributed by atoms with Crippen molar-refractivity contribution in [1.29, 1.82) is 5.26 Å². The van der Waals surface area contributed by atoms with E-state index in [9.17, 15) is 23.5 Å². The van der Waals surface area contributed by atoms with Gasteiger partial charge >= 0.3 is 6.18 Å². The Kier molecular flexibility index (Phi) is 6.02. The quantitative estimate of drug-likeness (QED) is 0.356. The molecule has 5 aromatic rings. The first-order valence-electron chi connectivity index (χ1n) is 11.0. The maximum absolute atomic E-state index is 12.7. The minimum absolute atomic E-state index is 0.0768. The zero-order chi connectivity index (χ0) is 26.2. The lowest BCUT2D eigenvalue weighted by molar-refractivity contribution is -0.141. The van der Waals surface area contributed by atoms with Gasteiger partial charge in [0.1, 0.15) is 18.2 Å². The third kappa shape index (κ3) is 4.69. The van der Waals surface area contributed by atoms with Crippen molar-refractivity contribution in [2.45, 2.75) is 19.5 Å². The molecule has 4 heterocycles. The van der Waals surface area contributed by atoms with E-state index in [1.54, 1.807) is 45.9 Å². The second-order valence-corrected chi connectivity index (χ2v) is 8.06. The Morgan fingerprint density at radius 2 is 1.92 bits per heavy atom. The average molecular weight is 505 g/mol. The summed E-state index contributed by atoms with van der Waals surface area (Å²) in [7, 11) is 0. The number of aliphatic hydroxyl groups excluding tert-OH is 1. The van der Waals surface area contributed by atoms with Crippen molar-refractivity contribution in [1.82, 2.24) is 34.5 Å². The molecule has 0 aliphatic heterocycles. The van der Waals surface area contributed by atoms with Crippen LogP contribution in [0.15, 0.2) is 54.9 Å². The summed E-state index contributed by atoms with van der Waals surface area (Å²) >= 11 is 0. The number of nitrogens with zero attached hydrogens (tertiary/aromatic N) is 8. The summed E-state index contributed by atoms with van der Waals surface area (Å²) in [5, 5.41) is 32.7. The van der Waals surface area contributed by atoms with Crippen molar-refractivity contribution < 1.29 is 18.3 Å². The van der Waals surface area contributed by atoms with E-state index in [1.165, 1.54) is 6.07 Å². The number of rotatable bonds is 6. The van der Waals surface area contributed by atoms with Gasteiger partial charge in [0.2, 0.25) is 0 Å². The number of fused-ring (bicyclic) bond motifs is 1. The topological polar surface area (TPSA) is 130 Å². The summed E-state index contributed by atoms with van der Waals surface area (Å²) in [4.78, 5) is 9.19. The van der Waals surface area contributed by atoms with Crippen LogP contribution in [0.25, 0.3) is 22.7 Å². The van der Waals surface area contributed by atoms with Crippen LogP contribution in [0.1, 0.15) is 22.6 Å². The predicted molar refractivity (Wildman–Crippen MR) is 127 cm³/mol. The standard InChI is InChI=1S/C24H18F3N9O/c1-14-10-17(12-28)34-36(14)23-15(8-9-37)2-7-22(31-23)35-13-29-18-11-16(3-4-19(18)35)30-21-6-5-20(32-33-21)24(25,26)27/h2-7,10-11,13,37H,8-9H2,1H3,(H,30,33). The number of hydrogen-bond acceptors (Lipinski definition) is 8. The largest absolute Gasteiger partial charge is 0.435 e. The van der Waals surface area contributed by atoms with Gasteiger partial charge in [-0.3, -0.25) is 4.57 Å². The normalized spacial score (nSPS) is 11.6. The molecule has 0 bridgehead atoms. The van der Waals surface area contributed by atoms with Crippen molar-refractivity contribution in [3.05, 3.63) is 77.5 Å². The Labute approximate surface area is 207 Å². The first-order valence-corrected chi connectivity index (χ1v) is 11.0. The molecule has 0 radical (unpaired) electrons. The summed E-state index contributed by atoms with van der Waals surface area (Å²) in [5.41, 5.74) is 2.56. The van der Waals surface area contributed by atoms with Crippen LogP contribution in [0.2, 0.25) is 0 Å². The van der Waals surface area contributed by atoms with E-state index in [-0.39, 0.29) is 18.1 Å². The van der Waals surface area contributed by atoms with Gasteiger partial charge in [-0.05, 0) is 61.4 Å². The lowest BCUT2D eigenvalue weighted by Gasteiger charge is -2.12. The maximum Gasteiger partial charge on any atom is 0.435 e. The van der Waals surface area contributed by atoms with E-state index >= 15 is 0 Å². The first kappa shape index (κ1) is 23.9. The molecule has 0 fully saturated rings. The highest BCUT2D eigenvalue weighted by molar-refractivity contribution is 5.82. The molecule has 2 N–H and O–H groups in total. The number of aromatic nitrogens is 7. The van der Waals surface area contributed by atoms with Crippen molar-refractivity contribution in [2.24, 2.45) is 0 Å². The number of alkyl halides is 3. The molecule has 4 aromatic heterocycles. The molecule has 10 nitrogen and oxygen atoms in total. The summed E-state index contributed by atoms with van der Waals surface area (Å²) in [6.45, 7) is 1.74. The number of benzene rings is 1. The van der Waals surface area contributed by atoms with Crippen LogP contribution < -0.4 is 5.32 Å². The second-order valence-electron chi connectivity index (χ2n) is 8.06. The molecule has 0 spiro atoms. The number of hydrogen-bond donors (Lipinski definition) is 2. The molecule has 0 saturated carbocycles. The summed E-state index contributed by atoms with van der Waals surface area (Å²) in [6.07, 6.45) is -2.60. The van der Waals surface area contributed by atoms with Crippen LogP contribution in [0.5, 0.6) is 0 Å². The number of aliphatic hydroxyl groups is 1. The van der Waals surface area contributed by atoms with E-state index < -0.39 is 11.9 Å². The van der Waals surface area contributed by atoms with Crippen molar-refractivity contribution in [3.63, 3.8) is 0 Å². The Hall–Kier alpha value is -4.83. The van der Waals surface area contributed by atoms with Gasteiger partial charge in [-0.1, -0.05) is 6.07 Å². The fraction of sp³-hybridized carbons (Fsp3) is 0.167. The van der Waals surface area contributed by atoms with Crippen LogP contribution in [0, 0.1) is 18.3 Å². The molecule has 0 atom stereocenters. The van der Waals surface area contributed by atoms with Gasteiger partial charge in [-0.2, -0.15) is 23.5 Å². The molecule has 1 aromatic carbocycles. The summed E-state index contributed by atoms with van der Waals surface area (Å²) in [5.74, 6) is 1.19. The molecule has 0 unspecified atom stereocenters. The molecule has 0 aliphatic carbocycles. The monoisotopic (exact) mass is 505 g/mol. The molecular formula is C24H18F3N9O. The minimum atomic E-state index is -4.56. The van der Waals surface area contributed by atoms with Crippen LogP contribution in [0.4, 0.5) is 24.7 Å². The number of aryl methyl sites for hydroxylation is 1. The van der Waals surface area contributed by atoms with Crippen LogP contribution in [-0.4, -0.2) is 46.2 Å². The van der Waals surface area contributed by atoms with Crippen LogP contribution >= 0.6 is 0 Å². The molecule has 186 valence electrons. The van der Waals surface area contributed by atoms with Crippen molar-refractivity contribution in [3.8, 4) is 17.7 Å². The SMILES string of the molecule is Cc1cc(C#N)nn1-c1nc(-n2cnc3cc(Nc4ccc(C(F)(F)F)nn4)ccc32)ccc1CCO. The summed E-state index contributed by atoms with van der Waals surface area (Å²) < 4.78 is 41.5. The molecule has 0 aliphatic rings. The van der Waals surface area contributed by atoms with Gasteiger partial charge in [0.05, 0.1) is 11.0 Å². The zero-order valence-electron chi connectivity index (χ0n) is 19.3. The van der Waals surface area contributed by atoms with E-state index in [0.29, 0.717) is 29.3 Å². The van der Waals surface area contributed by atoms with E-state index in [1.807, 2.05) is 19.1 Å². The first-order chi connectivity index (χ1) is 17.8. The van der Waals surface area contributed by atoms with Crippen molar-refractivity contribution in [2.75, 3.05) is 11.9 Å². The van der Waals surface area contributed by atoms with Gasteiger partial charge in [0.15, 0.2) is 23.0 Å². The van der Waals surface area contributed by atoms with E-state index in [4.69, 9.17) is 4.98 Å². The Morgan fingerprint density at radius 1 is 1.08 bits per heavy atom. The number of nitrogens with one attached hydrogen (secondary N) is 1. The number of imidazole rings is 1. The van der Waals surface area contributed by atoms with Gasteiger partial charge < -0.3 is 10.4 Å². The number of pyridine rings is 1. The summed E-state index contributed by atoms with van der Waals surface area (Å²) in [6, 6.07) is 14.6. The highest BCUT2D eigenvalue weighted by Crippen LogP contribution is 2.28. The van der Waals surface area contributed by atoms with Gasteiger partial charge in [-0.15, -0.1) is 10.2 Å². The van der Waals surface area contributed by atoms with Crippen LogP contribution in [0.3, 0.4) is 0 Å². The Bertz CT molecular complexity index is 1630. The molecule has 37 heavy (non-hydrogen) atoms. The van der Waals surface area contributed by atoms with Gasteiger partial charge in [0.25, 0.3) is 0 Å². The fourth-order valence-electron chi connectivity index (χ4n) is 3.81. The Balaban J connectivity index is 1.48. The smallest absolute Gasteiger partial charge is 0.396 e. The molecule has 5 rings (SSSR count). The van der Waals surface area contributed by atoms with Crippen LogP contribution in [-0.2, 0) is 12.6 Å². The van der Waals surface area contributed by atoms with Gasteiger partial charge in [0, 0.05) is 18.0 Å². The zero-order valence-corrected chi connectivity index (χ0v) is 19.3. The van der Waals surface area contributed by atoms with Gasteiger partial charge in [-0.25, -0.2) is 14.6 Å². The molecule has 13 heteroatoms. The lowest BCUT2D eigenvalue weighted by Crippen LogP contribution is -2.10. The highest BCUT2D eigenvalue weighted by atomic mass is 19.4. The third-order valence-corrected chi connectivity index (χ3v) is 5.55. The third-order valence-electron chi connectivity index (χ3n) is 5.55. The fourth-order valence-corrected chi connectivity index (χ4v) is 3.81. The highest BCUT2D eigenvalue weighted by Gasteiger charge is 2.32. The van der Waals surface area contributed by atoms with E-state index in [0.717, 1.165) is 22.8 Å². The molecule has 0 amide bonds. The average Bonchev–Trinajstić information content (AvgIpc) is 3.47. The number of anilines is 2. The lowest BCUT2D eigenvalue weighted by atomic mass is 10.2. The Morgan fingerprint density at radius 3 is 2.59 bits per heavy atom. The maximum atomic E-state index is 12.7. The van der Waals surface area contributed by atoms with E-state index in [2.05, 4.69) is 25.6 Å². The number of halogens is 3. The van der Waals surface area contributed by atoms with Crippen molar-refractivity contribution >= 4 is 22.5 Å².